The van der Waals surface area contributed by atoms with Crippen molar-refractivity contribution in [2.75, 3.05) is 5.75 Å². The van der Waals surface area contributed by atoms with E-state index in [1.807, 2.05) is 0 Å². The van der Waals surface area contributed by atoms with Crippen LogP contribution in [0, 0.1) is 0 Å². The normalized spacial score (nSPS) is 15.8. The summed E-state index contributed by atoms with van der Waals surface area (Å²) in [5, 5.41) is 2.27. The average molecular weight is 293 g/mol. The Hall–Kier alpha value is 1.28. The van der Waals surface area contributed by atoms with Gasteiger partial charge in [-0.3, -0.25) is 9.00 Å². The summed E-state index contributed by atoms with van der Waals surface area (Å²) < 4.78 is 20.5. The molecule has 0 heterocycles. The van der Waals surface area contributed by atoms with Gasteiger partial charge in [0.15, 0.2) is 0 Å². The van der Waals surface area contributed by atoms with Crippen molar-refractivity contribution in [3.63, 3.8) is 0 Å². The number of hydrogen-bond donors (Lipinski definition) is 3. The molecule has 0 aliphatic heterocycles. The maximum absolute atomic E-state index is 10.7. The molecule has 0 aromatic carbocycles. The molecule has 1 amide bonds. The van der Waals surface area contributed by atoms with Gasteiger partial charge in [0, 0.05) is 17.9 Å². The number of amides is 1. The predicted octanol–water partition coefficient (Wildman–Crippen LogP) is -2.27. The molecule has 0 fully saturated rings. The smallest absolute Gasteiger partial charge is 0.772 e. The van der Waals surface area contributed by atoms with Gasteiger partial charge in [-0.1, -0.05) is 17.5 Å². The van der Waals surface area contributed by atoms with E-state index in [2.05, 4.69) is 30.6 Å². The second-order valence-electron chi connectivity index (χ2n) is 3.22. The van der Waals surface area contributed by atoms with Crippen molar-refractivity contribution in [3.8, 4) is 0 Å². The van der Waals surface area contributed by atoms with E-state index < -0.39 is 11.1 Å². The van der Waals surface area contributed by atoms with Crippen LogP contribution in [-0.4, -0.2) is 31.0 Å². The zero-order valence-corrected chi connectivity index (χ0v) is 14.1. The van der Waals surface area contributed by atoms with Gasteiger partial charge in [-0.15, -0.1) is 0 Å². The molecule has 0 aromatic rings. The van der Waals surface area contributed by atoms with Gasteiger partial charge in [0.05, 0.1) is 5.37 Å². The molecule has 0 bridgehead atoms. The van der Waals surface area contributed by atoms with Crippen LogP contribution in [0.3, 0.4) is 0 Å². The van der Waals surface area contributed by atoms with Crippen LogP contribution >= 0.6 is 25.3 Å². The van der Waals surface area contributed by atoms with Crippen LogP contribution in [0.5, 0.6) is 0 Å². The largest absolute Gasteiger partial charge is 1.00 e. The number of rotatable bonds is 7. The van der Waals surface area contributed by atoms with E-state index in [9.17, 15) is 13.6 Å². The second kappa shape index (κ2) is 11.4. The Kier molecular flexibility index (Phi) is 13.9. The first kappa shape index (κ1) is 19.6. The summed E-state index contributed by atoms with van der Waals surface area (Å²) in [6.45, 7) is 1.42. The summed E-state index contributed by atoms with van der Waals surface area (Å²) in [4.78, 5) is 10.7. The van der Waals surface area contributed by atoms with Gasteiger partial charge in [-0.25, -0.2) is 0 Å². The Bertz CT molecular complexity index is 231. The van der Waals surface area contributed by atoms with Gasteiger partial charge in [0.25, 0.3) is 0 Å². The van der Waals surface area contributed by atoms with Crippen LogP contribution in [0.25, 0.3) is 0 Å². The van der Waals surface area contributed by atoms with Crippen molar-refractivity contribution in [2.24, 2.45) is 0 Å². The first-order chi connectivity index (χ1) is 6.93. The van der Waals surface area contributed by atoms with Crippen LogP contribution in [0.15, 0.2) is 0 Å². The van der Waals surface area contributed by atoms with Crippen molar-refractivity contribution < 1.29 is 43.1 Å². The molecule has 8 heteroatoms. The standard InChI is InChI=1S/C8H17NO3S3.Na/c1-6(10)9-8(14)7(13)4-2-3-5-15(11)12;/h7-8,13-14H,2-5H2,1H3,(H,9,10)(H,11,12);/q;+1/p-1. The van der Waals surface area contributed by atoms with Gasteiger partial charge >= 0.3 is 29.6 Å². The summed E-state index contributed by atoms with van der Waals surface area (Å²) in [7, 11) is 0. The van der Waals surface area contributed by atoms with Gasteiger partial charge in [-0.05, 0) is 12.8 Å². The minimum absolute atomic E-state index is 0. The van der Waals surface area contributed by atoms with Crippen molar-refractivity contribution in [3.05, 3.63) is 0 Å². The van der Waals surface area contributed by atoms with E-state index in [0.717, 1.165) is 12.8 Å². The van der Waals surface area contributed by atoms with Gasteiger partial charge < -0.3 is 9.87 Å². The molecule has 0 aromatic heterocycles. The molecule has 0 spiro atoms. The van der Waals surface area contributed by atoms with E-state index in [0.29, 0.717) is 6.42 Å². The van der Waals surface area contributed by atoms with Crippen LogP contribution in [-0.2, 0) is 15.9 Å². The zero-order chi connectivity index (χ0) is 11.8. The molecule has 0 aliphatic rings. The Morgan fingerprint density at radius 3 is 2.44 bits per heavy atom. The van der Waals surface area contributed by atoms with Crippen LogP contribution < -0.4 is 34.9 Å². The van der Waals surface area contributed by atoms with E-state index in [-0.39, 0.29) is 51.8 Å². The van der Waals surface area contributed by atoms with E-state index in [4.69, 9.17) is 0 Å². The number of hydrogen-bond acceptors (Lipinski definition) is 5. The van der Waals surface area contributed by atoms with Gasteiger partial charge in [0.2, 0.25) is 5.91 Å². The molecule has 0 rings (SSSR count). The van der Waals surface area contributed by atoms with E-state index >= 15 is 0 Å². The zero-order valence-electron chi connectivity index (χ0n) is 9.51. The Balaban J connectivity index is 0. The summed E-state index contributed by atoms with van der Waals surface area (Å²) in [5.41, 5.74) is 0. The monoisotopic (exact) mass is 293 g/mol. The molecule has 0 aliphatic carbocycles. The molecule has 1 N–H and O–H groups in total. The number of unbranched alkanes of at least 4 members (excludes halogenated alkanes) is 1. The van der Waals surface area contributed by atoms with Crippen LogP contribution in [0.1, 0.15) is 26.2 Å². The molecule has 0 radical (unpaired) electrons. The molecule has 16 heavy (non-hydrogen) atoms. The summed E-state index contributed by atoms with van der Waals surface area (Å²) >= 11 is 6.49. The number of carbonyl (C=O) groups excluding carboxylic acids is 1. The Morgan fingerprint density at radius 2 is 2.00 bits per heavy atom. The van der Waals surface area contributed by atoms with Crippen molar-refractivity contribution in [2.45, 2.75) is 36.8 Å². The first-order valence-electron chi connectivity index (χ1n) is 4.62. The van der Waals surface area contributed by atoms with Crippen LogP contribution in [0.2, 0.25) is 0 Å². The molecular formula is C8H16NNaO3S3. The fourth-order valence-electron chi connectivity index (χ4n) is 1.04. The molecule has 3 unspecified atom stereocenters. The molecule has 0 saturated heterocycles. The van der Waals surface area contributed by atoms with Crippen LogP contribution in [0.4, 0.5) is 0 Å². The van der Waals surface area contributed by atoms with Gasteiger partial charge in [-0.2, -0.15) is 25.3 Å². The van der Waals surface area contributed by atoms with Crippen molar-refractivity contribution >= 4 is 42.2 Å². The SMILES string of the molecule is CC(=O)NC(S)C(S)CCCCS(=O)[O-].[Na+]. The average Bonchev–Trinajstić information content (AvgIpc) is 2.10. The maximum Gasteiger partial charge on any atom is 1.00 e. The fraction of sp³-hybridized carbons (Fsp3) is 0.875. The predicted molar refractivity (Wildman–Crippen MR) is 67.0 cm³/mol. The Labute approximate surface area is 132 Å². The fourth-order valence-corrected chi connectivity index (χ4v) is 2.06. The second-order valence-corrected chi connectivity index (χ2v) is 5.45. The third-order valence-electron chi connectivity index (χ3n) is 1.78. The molecule has 90 valence electrons. The minimum atomic E-state index is -1.96. The molecule has 4 nitrogen and oxygen atoms in total. The summed E-state index contributed by atoms with van der Waals surface area (Å²) in [5.74, 6) is 0.0347. The van der Waals surface area contributed by atoms with E-state index in [1.165, 1.54) is 6.92 Å². The summed E-state index contributed by atoms with van der Waals surface area (Å²) in [6, 6.07) is 0. The Morgan fingerprint density at radius 1 is 1.44 bits per heavy atom. The topological polar surface area (TPSA) is 69.2 Å². The number of nitrogens with one attached hydrogen (secondary N) is 1. The van der Waals surface area contributed by atoms with Gasteiger partial charge in [0.1, 0.15) is 0 Å². The summed E-state index contributed by atoms with van der Waals surface area (Å²) in [6.07, 6.45) is 2.11. The number of carbonyl (C=O) groups is 1. The quantitative estimate of drug-likeness (QED) is 0.163. The first-order valence-corrected chi connectivity index (χ1v) is 6.90. The molecule has 0 saturated carbocycles. The third-order valence-corrected chi connectivity index (χ3v) is 3.68. The maximum atomic E-state index is 10.7. The van der Waals surface area contributed by atoms with Crippen molar-refractivity contribution in [1.29, 1.82) is 0 Å². The number of thiol groups is 2. The molecule has 3 atom stereocenters. The van der Waals surface area contributed by atoms with E-state index in [1.54, 1.807) is 0 Å². The molecular weight excluding hydrogens is 277 g/mol. The third kappa shape index (κ3) is 11.8. The van der Waals surface area contributed by atoms with Crippen molar-refractivity contribution in [1.82, 2.24) is 5.32 Å². The minimum Gasteiger partial charge on any atom is -0.772 e.